The molecule has 0 unspecified atom stereocenters. The highest BCUT2D eigenvalue weighted by molar-refractivity contribution is 8.33. The van der Waals surface area contributed by atoms with Crippen LogP contribution >= 0.6 is 10.3 Å². The molecule has 3 aliphatic carbocycles. The van der Waals surface area contributed by atoms with E-state index in [2.05, 4.69) is 12.1 Å². The Labute approximate surface area is 380 Å². The minimum Gasteiger partial charge on any atom is -0.379 e. The number of benzene rings is 5. The number of hydrogen-bond acceptors (Lipinski definition) is 6. The first-order valence-corrected chi connectivity index (χ1v) is 28.0. The molecule has 0 bridgehead atoms. The van der Waals surface area contributed by atoms with Crippen molar-refractivity contribution in [3.05, 3.63) is 143 Å². The smallest absolute Gasteiger partial charge is 0.339 e. The van der Waals surface area contributed by atoms with Gasteiger partial charge in [-0.2, -0.15) is 16.8 Å². The lowest BCUT2D eigenvalue weighted by atomic mass is 9.76. The highest BCUT2D eigenvalue weighted by Gasteiger charge is 2.41. The molecule has 0 amide bonds. The average molecular weight is 907 g/mol. The molecule has 5 aromatic rings. The van der Waals surface area contributed by atoms with E-state index in [0.717, 1.165) is 90.0 Å². The van der Waals surface area contributed by atoms with E-state index in [1.807, 2.05) is 119 Å². The van der Waals surface area contributed by atoms with E-state index in [0.29, 0.717) is 21.9 Å². The topological polar surface area (TPSA) is 86.7 Å². The predicted octanol–water partition coefficient (Wildman–Crippen LogP) is 15.4. The first kappa shape index (κ1) is 45.7. The second-order valence-corrected chi connectivity index (χ2v) is 24.7. The van der Waals surface area contributed by atoms with Gasteiger partial charge in [0, 0.05) is 14.7 Å². The lowest BCUT2D eigenvalue weighted by molar-refractivity contribution is 0.414. The normalized spacial score (nSPS) is 17.9. The number of hydrogen-bond donors (Lipinski definition) is 0. The highest BCUT2D eigenvalue weighted by atomic mass is 32.3. The van der Waals surface area contributed by atoms with E-state index in [-0.39, 0.29) is 34.3 Å². The molecule has 3 aliphatic rings. The largest absolute Gasteiger partial charge is 0.379 e. The van der Waals surface area contributed by atoms with Crippen molar-refractivity contribution in [3.8, 4) is 5.75 Å². The van der Waals surface area contributed by atoms with Crippen LogP contribution in [0.1, 0.15) is 181 Å². The summed E-state index contributed by atoms with van der Waals surface area (Å²) in [6.07, 6.45) is 16.6. The van der Waals surface area contributed by atoms with Crippen LogP contribution in [0, 0.1) is 0 Å². The minimum absolute atomic E-state index is 0.0690. The maximum absolute atomic E-state index is 15.5. The van der Waals surface area contributed by atoms with Crippen LogP contribution in [0.3, 0.4) is 0 Å². The van der Waals surface area contributed by atoms with Gasteiger partial charge in [-0.05, 0) is 155 Å². The van der Waals surface area contributed by atoms with Crippen LogP contribution in [-0.4, -0.2) is 16.8 Å². The highest BCUT2D eigenvalue weighted by Crippen LogP contribution is 2.70. The average Bonchev–Trinajstić information content (AvgIpc) is 3.31. The van der Waals surface area contributed by atoms with Crippen molar-refractivity contribution in [2.24, 2.45) is 0 Å². The Kier molecular flexibility index (Phi) is 14.3. The zero-order chi connectivity index (χ0) is 44.2. The summed E-state index contributed by atoms with van der Waals surface area (Å²) in [6.45, 7) is 7.76. The molecular weight excluding hydrogens is 841 g/mol. The third kappa shape index (κ3) is 9.73. The molecule has 0 atom stereocenters. The molecule has 0 heterocycles. The quantitative estimate of drug-likeness (QED) is 0.103. The predicted molar refractivity (Wildman–Crippen MR) is 256 cm³/mol. The molecule has 336 valence electrons. The second kappa shape index (κ2) is 19.7. The van der Waals surface area contributed by atoms with Gasteiger partial charge >= 0.3 is 20.2 Å². The fraction of sp³-hybridized carbons (Fsp3) is 0.444. The zero-order valence-electron chi connectivity index (χ0n) is 37.6. The van der Waals surface area contributed by atoms with E-state index in [1.54, 1.807) is 12.1 Å². The molecule has 6 nitrogen and oxygen atoms in total. The summed E-state index contributed by atoms with van der Waals surface area (Å²) in [7, 11) is -11.8. The Morgan fingerprint density at radius 2 is 0.810 bits per heavy atom. The molecule has 0 aliphatic heterocycles. The van der Waals surface area contributed by atoms with Crippen molar-refractivity contribution in [2.75, 3.05) is 0 Å². The van der Waals surface area contributed by atoms with Crippen LogP contribution in [-0.2, 0) is 23.9 Å². The van der Waals surface area contributed by atoms with Crippen LogP contribution in [0.2, 0.25) is 0 Å². The van der Waals surface area contributed by atoms with Crippen LogP contribution in [0.15, 0.2) is 140 Å². The number of rotatable bonds is 14. The fourth-order valence-electron chi connectivity index (χ4n) is 10.6. The van der Waals surface area contributed by atoms with Crippen molar-refractivity contribution in [2.45, 2.75) is 178 Å². The van der Waals surface area contributed by atoms with Gasteiger partial charge in [-0.25, -0.2) is 3.63 Å². The van der Waals surface area contributed by atoms with Crippen molar-refractivity contribution >= 4 is 30.5 Å². The standard InChI is InChI=1S/C54H66O6S3/c1-39(2)49-37-45(59-62(55,56)54-51(42-25-13-6-14-26-42)35-44(41-23-11-5-12-24-41)36-52(54)43-27-15-7-16-28-43)38-50(40(3)4)53(49)63(57,58)60-61(46-29-17-8-18-30-46,47-31-19-9-20-32-47)48-33-21-10-22-34-48/h8-10,17-22,29-43H,5-7,11-16,23-28H2,1-4H3. The van der Waals surface area contributed by atoms with E-state index < -0.39 is 30.5 Å². The third-order valence-corrected chi connectivity index (χ3v) is 20.5. The molecule has 5 aromatic carbocycles. The van der Waals surface area contributed by atoms with Crippen molar-refractivity contribution in [1.82, 2.24) is 0 Å². The molecular formula is C54H66O6S3. The summed E-state index contributed by atoms with van der Waals surface area (Å²) in [4.78, 5) is 2.67. The van der Waals surface area contributed by atoms with Gasteiger partial charge in [0.1, 0.15) is 15.5 Å². The maximum atomic E-state index is 15.5. The van der Waals surface area contributed by atoms with Crippen LogP contribution in [0.25, 0.3) is 0 Å². The molecule has 0 spiro atoms. The van der Waals surface area contributed by atoms with Gasteiger partial charge in [0.2, 0.25) is 0 Å². The maximum Gasteiger partial charge on any atom is 0.339 e. The lowest BCUT2D eigenvalue weighted by Gasteiger charge is -2.40. The molecule has 0 N–H and O–H groups in total. The van der Waals surface area contributed by atoms with E-state index >= 15 is 16.8 Å². The Morgan fingerprint density at radius 1 is 0.444 bits per heavy atom. The molecule has 0 saturated heterocycles. The summed E-state index contributed by atoms with van der Waals surface area (Å²) in [5.41, 5.74) is 4.12. The molecule has 3 fully saturated rings. The molecule has 3 saturated carbocycles. The molecule has 9 heteroatoms. The van der Waals surface area contributed by atoms with Gasteiger partial charge in [0.05, 0.1) is 0 Å². The van der Waals surface area contributed by atoms with Gasteiger partial charge < -0.3 is 4.18 Å². The summed E-state index contributed by atoms with van der Waals surface area (Å²) in [5.74, 6) is 0.258. The van der Waals surface area contributed by atoms with E-state index in [1.165, 1.54) is 37.7 Å². The second-order valence-electron chi connectivity index (χ2n) is 18.8. The Hall–Kier alpha value is -3.89. The summed E-state index contributed by atoms with van der Waals surface area (Å²) >= 11 is 0. The van der Waals surface area contributed by atoms with Gasteiger partial charge in [0.15, 0.2) is 0 Å². The molecule has 63 heavy (non-hydrogen) atoms. The Balaban J connectivity index is 1.27. The van der Waals surface area contributed by atoms with Crippen molar-refractivity contribution in [3.63, 3.8) is 0 Å². The summed E-state index contributed by atoms with van der Waals surface area (Å²) in [6, 6.07) is 36.6. The van der Waals surface area contributed by atoms with Gasteiger partial charge in [-0.3, -0.25) is 0 Å². The Bertz CT molecular complexity index is 2370. The van der Waals surface area contributed by atoms with Gasteiger partial charge in [-0.15, -0.1) is 0 Å². The molecule has 0 aromatic heterocycles. The van der Waals surface area contributed by atoms with Gasteiger partial charge in [-0.1, -0.05) is 152 Å². The van der Waals surface area contributed by atoms with Gasteiger partial charge in [0.25, 0.3) is 0 Å². The zero-order valence-corrected chi connectivity index (χ0v) is 40.1. The summed E-state index contributed by atoms with van der Waals surface area (Å²) in [5, 5.41) is 0. The fourth-order valence-corrected chi connectivity index (χ4v) is 18.0. The van der Waals surface area contributed by atoms with E-state index in [4.69, 9.17) is 7.81 Å². The molecule has 8 rings (SSSR count). The first-order chi connectivity index (χ1) is 30.4. The monoisotopic (exact) mass is 906 g/mol. The van der Waals surface area contributed by atoms with E-state index in [9.17, 15) is 0 Å². The summed E-state index contributed by atoms with van der Waals surface area (Å²) < 4.78 is 75.0. The van der Waals surface area contributed by atoms with Crippen LogP contribution < -0.4 is 4.18 Å². The first-order valence-electron chi connectivity index (χ1n) is 23.6. The van der Waals surface area contributed by atoms with Crippen LogP contribution in [0.5, 0.6) is 5.75 Å². The van der Waals surface area contributed by atoms with Crippen molar-refractivity contribution < 1.29 is 24.6 Å². The SMILES string of the molecule is CC(C)c1cc(OS(=O)(=O)c2c(C3CCCCC3)cc(C3CCCCC3)cc2C2CCCCC2)cc(C(C)C)c1S(=O)(=O)OS(c1ccccc1)(c1ccccc1)c1ccccc1. The molecule has 0 radical (unpaired) electrons. The Morgan fingerprint density at radius 3 is 1.17 bits per heavy atom. The minimum atomic E-state index is -4.55. The lowest BCUT2D eigenvalue weighted by Crippen LogP contribution is -2.22. The third-order valence-electron chi connectivity index (χ3n) is 13.8. The van der Waals surface area contributed by atoms with Crippen LogP contribution in [0.4, 0.5) is 0 Å². The van der Waals surface area contributed by atoms with Crippen molar-refractivity contribution in [1.29, 1.82) is 0 Å².